The Bertz CT molecular complexity index is 1440. The highest BCUT2D eigenvalue weighted by molar-refractivity contribution is 7.89. The van der Waals surface area contributed by atoms with Gasteiger partial charge in [-0.3, -0.25) is 15.0 Å². The number of amides is 1. The summed E-state index contributed by atoms with van der Waals surface area (Å²) in [5, 5.41) is 7.52. The fourth-order valence-corrected chi connectivity index (χ4v) is 5.68. The number of carbonyl (C=O) groups excluding carboxylic acids is 2. The summed E-state index contributed by atoms with van der Waals surface area (Å²) in [6, 6.07) is 22.5. The molecule has 10 nitrogen and oxygen atoms in total. The lowest BCUT2D eigenvalue weighted by Crippen LogP contribution is -2.42. The van der Waals surface area contributed by atoms with E-state index in [1.807, 2.05) is 36.4 Å². The molecule has 4 rings (SSSR count). The Kier molecular flexibility index (Phi) is 9.18. The summed E-state index contributed by atoms with van der Waals surface area (Å²) in [6.45, 7) is 0.328. The molecule has 0 aliphatic carbocycles. The number of nitrogen functional groups attached to an aromatic ring is 1. The lowest BCUT2D eigenvalue weighted by Gasteiger charge is -2.25. The molecule has 11 heteroatoms. The van der Waals surface area contributed by atoms with E-state index in [0.29, 0.717) is 17.7 Å². The Morgan fingerprint density at radius 1 is 1.02 bits per heavy atom. The summed E-state index contributed by atoms with van der Waals surface area (Å²) in [7, 11) is -2.44. The molecule has 0 saturated carbocycles. The van der Waals surface area contributed by atoms with Crippen molar-refractivity contribution in [3.8, 4) is 16.9 Å². The number of esters is 1. The number of nitrogens with two attached hydrogens (primary N) is 1. The molecule has 1 amide bonds. The fraction of sp³-hybridized carbons (Fsp3) is 0.276. The highest BCUT2D eigenvalue weighted by Gasteiger charge is 2.40. The Hall–Kier alpha value is -4.22. The summed E-state index contributed by atoms with van der Waals surface area (Å²) in [4.78, 5) is 26.7. The zero-order valence-electron chi connectivity index (χ0n) is 22.1. The van der Waals surface area contributed by atoms with Crippen LogP contribution in [0, 0.1) is 11.3 Å². The summed E-state index contributed by atoms with van der Waals surface area (Å²) < 4.78 is 38.5. The van der Waals surface area contributed by atoms with Crippen LogP contribution in [0.1, 0.15) is 18.4 Å². The van der Waals surface area contributed by atoms with Crippen molar-refractivity contribution in [2.24, 2.45) is 11.7 Å². The molecule has 0 aromatic heterocycles. The van der Waals surface area contributed by atoms with Crippen LogP contribution in [-0.4, -0.2) is 63.9 Å². The van der Waals surface area contributed by atoms with E-state index in [1.54, 1.807) is 35.2 Å². The molecule has 3 aromatic rings. The van der Waals surface area contributed by atoms with Crippen molar-refractivity contribution in [3.63, 3.8) is 0 Å². The first-order chi connectivity index (χ1) is 19.2. The highest BCUT2D eigenvalue weighted by Crippen LogP contribution is 2.29. The Labute approximate surface area is 233 Å². The van der Waals surface area contributed by atoms with Gasteiger partial charge in [0.25, 0.3) is 0 Å². The van der Waals surface area contributed by atoms with Crippen LogP contribution in [0.4, 0.5) is 0 Å². The maximum atomic E-state index is 13.1. The number of rotatable bonds is 12. The van der Waals surface area contributed by atoms with Gasteiger partial charge in [0.05, 0.1) is 30.4 Å². The lowest BCUT2D eigenvalue weighted by atomic mass is 10.0. The minimum absolute atomic E-state index is 0.0113. The Morgan fingerprint density at radius 3 is 2.25 bits per heavy atom. The predicted molar refractivity (Wildman–Crippen MR) is 150 cm³/mol. The van der Waals surface area contributed by atoms with Crippen LogP contribution in [0.15, 0.2) is 83.8 Å². The minimum Gasteiger partial charge on any atom is -0.491 e. The SMILES string of the molecule is COC(=O)C[C@@H]1C[C@@H](COc2ccc(-c3ccc(C(=N)N)cc3)cc2)N(CCNS(=O)(=O)c2ccccc2)C1=O. The van der Waals surface area contributed by atoms with Gasteiger partial charge in [-0.15, -0.1) is 0 Å². The molecule has 0 bridgehead atoms. The lowest BCUT2D eigenvalue weighted by molar-refractivity contribution is -0.144. The van der Waals surface area contributed by atoms with Crippen molar-refractivity contribution in [2.45, 2.75) is 23.8 Å². The minimum atomic E-state index is -3.72. The molecule has 1 heterocycles. The van der Waals surface area contributed by atoms with E-state index < -0.39 is 21.9 Å². The van der Waals surface area contributed by atoms with Gasteiger partial charge >= 0.3 is 5.97 Å². The third-order valence-corrected chi connectivity index (χ3v) is 8.27. The molecule has 0 radical (unpaired) electrons. The van der Waals surface area contributed by atoms with E-state index in [1.165, 1.54) is 19.2 Å². The van der Waals surface area contributed by atoms with E-state index in [9.17, 15) is 18.0 Å². The number of nitrogens with one attached hydrogen (secondary N) is 2. The van der Waals surface area contributed by atoms with Crippen LogP contribution >= 0.6 is 0 Å². The second-order valence-corrected chi connectivity index (χ2v) is 11.2. The molecule has 210 valence electrons. The van der Waals surface area contributed by atoms with Gasteiger partial charge in [-0.05, 0) is 41.8 Å². The van der Waals surface area contributed by atoms with Crippen molar-refractivity contribution in [3.05, 3.63) is 84.4 Å². The first-order valence-corrected chi connectivity index (χ1v) is 14.3. The topological polar surface area (TPSA) is 152 Å². The van der Waals surface area contributed by atoms with Crippen molar-refractivity contribution < 1.29 is 27.5 Å². The predicted octanol–water partition coefficient (Wildman–Crippen LogP) is 2.78. The summed E-state index contributed by atoms with van der Waals surface area (Å²) >= 11 is 0. The van der Waals surface area contributed by atoms with Gasteiger partial charge in [0.15, 0.2) is 0 Å². The van der Waals surface area contributed by atoms with Crippen LogP contribution in [0.5, 0.6) is 5.75 Å². The van der Waals surface area contributed by atoms with E-state index in [-0.39, 0.29) is 48.8 Å². The molecule has 0 unspecified atom stereocenters. The maximum Gasteiger partial charge on any atom is 0.306 e. The van der Waals surface area contributed by atoms with Gasteiger partial charge in [0, 0.05) is 18.7 Å². The molecular weight excluding hydrogens is 532 g/mol. The Balaban J connectivity index is 1.40. The zero-order valence-corrected chi connectivity index (χ0v) is 22.9. The number of methoxy groups -OCH3 is 1. The first kappa shape index (κ1) is 28.8. The number of amidine groups is 1. The smallest absolute Gasteiger partial charge is 0.306 e. The van der Waals surface area contributed by atoms with E-state index >= 15 is 0 Å². The number of sulfonamides is 1. The number of ether oxygens (including phenoxy) is 2. The largest absolute Gasteiger partial charge is 0.491 e. The summed E-state index contributed by atoms with van der Waals surface area (Å²) in [5.74, 6) is -0.652. The van der Waals surface area contributed by atoms with Crippen molar-refractivity contribution >= 4 is 27.7 Å². The summed E-state index contributed by atoms with van der Waals surface area (Å²) in [5.41, 5.74) is 8.10. The molecule has 40 heavy (non-hydrogen) atoms. The molecule has 1 aliphatic heterocycles. The molecule has 0 spiro atoms. The third-order valence-electron chi connectivity index (χ3n) is 6.79. The summed E-state index contributed by atoms with van der Waals surface area (Å²) in [6.07, 6.45) is 0.342. The molecule has 1 fully saturated rings. The standard InChI is InChI=1S/C29H32N4O6S/c1-38-27(34)18-23-17-24(33(29(23)35)16-15-32-40(36,37)26-5-3-2-4-6-26)19-39-25-13-11-21(12-14-25)20-7-9-22(10-8-20)28(30)31/h2-14,23-24,32H,15-19H2,1H3,(H3,30,31)/t23-,24-/m0/s1. The molecule has 1 aliphatic rings. The average Bonchev–Trinajstić information content (AvgIpc) is 3.26. The van der Waals surface area contributed by atoms with Gasteiger partial charge in [-0.2, -0.15) is 0 Å². The fourth-order valence-electron chi connectivity index (χ4n) is 4.64. The number of nitrogens with zero attached hydrogens (tertiary/aromatic N) is 1. The van der Waals surface area contributed by atoms with Gasteiger partial charge in [-0.1, -0.05) is 54.6 Å². The molecular formula is C29H32N4O6S. The van der Waals surface area contributed by atoms with Crippen LogP contribution in [0.2, 0.25) is 0 Å². The van der Waals surface area contributed by atoms with Gasteiger partial charge in [0.2, 0.25) is 15.9 Å². The molecule has 4 N–H and O–H groups in total. The average molecular weight is 565 g/mol. The van der Waals surface area contributed by atoms with E-state index in [2.05, 4.69) is 4.72 Å². The molecule has 2 atom stereocenters. The Morgan fingerprint density at radius 2 is 1.65 bits per heavy atom. The monoisotopic (exact) mass is 564 g/mol. The number of hydrogen-bond donors (Lipinski definition) is 3. The van der Waals surface area contributed by atoms with Crippen molar-refractivity contribution in [1.29, 1.82) is 5.41 Å². The van der Waals surface area contributed by atoms with E-state index in [4.69, 9.17) is 20.6 Å². The molecule has 3 aromatic carbocycles. The highest BCUT2D eigenvalue weighted by atomic mass is 32.2. The maximum absolute atomic E-state index is 13.1. The second kappa shape index (κ2) is 12.8. The van der Waals surface area contributed by atoms with Gasteiger partial charge < -0.3 is 20.1 Å². The van der Waals surface area contributed by atoms with E-state index in [0.717, 1.165) is 11.1 Å². The van der Waals surface area contributed by atoms with Crippen LogP contribution in [0.3, 0.4) is 0 Å². The van der Waals surface area contributed by atoms with Crippen molar-refractivity contribution in [1.82, 2.24) is 9.62 Å². The number of likely N-dealkylation sites (tertiary alicyclic amines) is 1. The third kappa shape index (κ3) is 7.04. The number of carbonyl (C=O) groups is 2. The van der Waals surface area contributed by atoms with Crippen LogP contribution in [0.25, 0.3) is 11.1 Å². The van der Waals surface area contributed by atoms with Gasteiger partial charge in [-0.25, -0.2) is 13.1 Å². The molecule has 1 saturated heterocycles. The number of benzene rings is 3. The van der Waals surface area contributed by atoms with Crippen molar-refractivity contribution in [2.75, 3.05) is 26.8 Å². The van der Waals surface area contributed by atoms with Gasteiger partial charge in [0.1, 0.15) is 18.2 Å². The second-order valence-electron chi connectivity index (χ2n) is 9.44. The zero-order chi connectivity index (χ0) is 28.7. The normalized spacial score (nSPS) is 17.0. The van der Waals surface area contributed by atoms with Crippen LogP contribution in [-0.2, 0) is 24.3 Å². The number of hydrogen-bond acceptors (Lipinski definition) is 7. The quantitative estimate of drug-likeness (QED) is 0.174. The van der Waals surface area contributed by atoms with Crippen LogP contribution < -0.4 is 15.2 Å². The first-order valence-electron chi connectivity index (χ1n) is 12.8.